The van der Waals surface area contributed by atoms with Gasteiger partial charge in [-0.3, -0.25) is 19.0 Å². The quantitative estimate of drug-likeness (QED) is 0.303. The predicted molar refractivity (Wildman–Crippen MR) is 148 cm³/mol. The maximum atomic E-state index is 13.4. The van der Waals surface area contributed by atoms with Crippen molar-refractivity contribution in [2.45, 2.75) is 70.2 Å². The van der Waals surface area contributed by atoms with Crippen LogP contribution in [-0.2, 0) is 22.7 Å². The first kappa shape index (κ1) is 26.9. The molecule has 1 aliphatic rings. The Hall–Kier alpha value is -3.13. The molecule has 0 aliphatic heterocycles. The van der Waals surface area contributed by atoms with E-state index in [0.717, 1.165) is 37.7 Å². The minimum Gasteiger partial charge on any atom is -0.353 e. The molecule has 8 heteroatoms. The second-order valence-electron chi connectivity index (χ2n) is 9.91. The van der Waals surface area contributed by atoms with Crippen LogP contribution in [0.5, 0.6) is 0 Å². The molecular formula is C29H36N4O3S. The number of amides is 2. The van der Waals surface area contributed by atoms with E-state index in [1.807, 2.05) is 62.4 Å². The van der Waals surface area contributed by atoms with Gasteiger partial charge in [-0.2, -0.15) is 0 Å². The molecule has 0 radical (unpaired) electrons. The zero-order valence-electron chi connectivity index (χ0n) is 21.6. The molecule has 1 unspecified atom stereocenters. The molecule has 3 aromatic rings. The second-order valence-corrected chi connectivity index (χ2v) is 10.9. The van der Waals surface area contributed by atoms with Gasteiger partial charge in [0.2, 0.25) is 11.8 Å². The van der Waals surface area contributed by atoms with Crippen molar-refractivity contribution >= 4 is 34.5 Å². The highest BCUT2D eigenvalue weighted by Crippen LogP contribution is 2.31. The number of thioether (sulfide) groups is 1. The first-order valence-electron chi connectivity index (χ1n) is 13.2. The largest absolute Gasteiger partial charge is 0.353 e. The Morgan fingerprint density at radius 1 is 1.05 bits per heavy atom. The van der Waals surface area contributed by atoms with Crippen LogP contribution in [0.2, 0.25) is 0 Å². The van der Waals surface area contributed by atoms with Gasteiger partial charge in [-0.05, 0) is 62.6 Å². The van der Waals surface area contributed by atoms with Crippen molar-refractivity contribution in [2.75, 3.05) is 5.75 Å². The first-order chi connectivity index (χ1) is 17.9. The summed E-state index contributed by atoms with van der Waals surface area (Å²) >= 11 is 1.31. The number of rotatable bonds is 10. The van der Waals surface area contributed by atoms with E-state index in [1.165, 1.54) is 11.8 Å². The maximum absolute atomic E-state index is 13.4. The number of hydrogen-bond donors (Lipinski definition) is 2. The topological polar surface area (TPSA) is 93.1 Å². The molecule has 1 fully saturated rings. The average Bonchev–Trinajstić information content (AvgIpc) is 2.93. The van der Waals surface area contributed by atoms with E-state index in [9.17, 15) is 14.4 Å². The molecule has 1 atom stereocenters. The van der Waals surface area contributed by atoms with Gasteiger partial charge in [-0.15, -0.1) is 0 Å². The van der Waals surface area contributed by atoms with Gasteiger partial charge in [0, 0.05) is 25.0 Å². The smallest absolute Gasteiger partial charge is 0.262 e. The molecule has 2 N–H and O–H groups in total. The van der Waals surface area contributed by atoms with Crippen LogP contribution in [0.4, 0.5) is 0 Å². The fourth-order valence-electron chi connectivity index (χ4n) is 4.76. The minimum absolute atomic E-state index is 0.00418. The van der Waals surface area contributed by atoms with Crippen LogP contribution in [0.1, 0.15) is 51.5 Å². The van der Waals surface area contributed by atoms with Gasteiger partial charge in [-0.1, -0.05) is 61.2 Å². The molecule has 0 bridgehead atoms. The third kappa shape index (κ3) is 7.22. The maximum Gasteiger partial charge on any atom is 0.262 e. The summed E-state index contributed by atoms with van der Waals surface area (Å²) in [5, 5.41) is 7.21. The number of aromatic nitrogens is 2. The van der Waals surface area contributed by atoms with Crippen LogP contribution in [0.15, 0.2) is 64.5 Å². The summed E-state index contributed by atoms with van der Waals surface area (Å²) in [6.07, 6.45) is 4.23. The summed E-state index contributed by atoms with van der Waals surface area (Å²) in [4.78, 5) is 43.3. The van der Waals surface area contributed by atoms with E-state index in [2.05, 4.69) is 10.6 Å². The highest BCUT2D eigenvalue weighted by molar-refractivity contribution is 7.99. The van der Waals surface area contributed by atoms with Gasteiger partial charge in [-0.25, -0.2) is 4.98 Å². The Labute approximate surface area is 222 Å². The molecule has 2 aromatic carbocycles. The van der Waals surface area contributed by atoms with Crippen LogP contribution in [0.25, 0.3) is 10.9 Å². The fourth-order valence-corrected chi connectivity index (χ4v) is 5.58. The number of hydrogen-bond acceptors (Lipinski definition) is 5. The van der Waals surface area contributed by atoms with Gasteiger partial charge in [0.25, 0.3) is 5.56 Å². The number of para-hydroxylation sites is 1. The van der Waals surface area contributed by atoms with Crippen LogP contribution in [-0.4, -0.2) is 33.2 Å². The van der Waals surface area contributed by atoms with E-state index in [1.54, 1.807) is 10.6 Å². The van der Waals surface area contributed by atoms with E-state index in [4.69, 9.17) is 4.98 Å². The molecular weight excluding hydrogens is 484 g/mol. The summed E-state index contributed by atoms with van der Waals surface area (Å²) < 4.78 is 1.74. The third-order valence-corrected chi connectivity index (χ3v) is 8.12. The summed E-state index contributed by atoms with van der Waals surface area (Å²) in [7, 11) is 0. The van der Waals surface area contributed by atoms with Crippen molar-refractivity contribution in [1.82, 2.24) is 20.2 Å². The zero-order valence-corrected chi connectivity index (χ0v) is 22.4. The average molecular weight is 521 g/mol. The van der Waals surface area contributed by atoms with Crippen molar-refractivity contribution in [3.63, 3.8) is 0 Å². The van der Waals surface area contributed by atoms with Crippen LogP contribution in [0.3, 0.4) is 0 Å². The van der Waals surface area contributed by atoms with Crippen LogP contribution >= 0.6 is 11.8 Å². The lowest BCUT2D eigenvalue weighted by atomic mass is 9.81. The first-order valence-corrected chi connectivity index (χ1v) is 14.2. The molecule has 196 valence electrons. The Balaban J connectivity index is 1.40. The van der Waals surface area contributed by atoms with Crippen molar-refractivity contribution in [3.8, 4) is 0 Å². The van der Waals surface area contributed by atoms with Crippen molar-refractivity contribution < 1.29 is 9.59 Å². The highest BCUT2D eigenvalue weighted by Gasteiger charge is 2.27. The Morgan fingerprint density at radius 2 is 1.76 bits per heavy atom. The number of fused-ring (bicyclic) bond motifs is 1. The molecule has 7 nitrogen and oxygen atoms in total. The van der Waals surface area contributed by atoms with Crippen molar-refractivity contribution in [3.05, 3.63) is 70.5 Å². The predicted octanol–water partition coefficient (Wildman–Crippen LogP) is 4.53. The molecule has 1 aliphatic carbocycles. The van der Waals surface area contributed by atoms with Gasteiger partial charge in [0.1, 0.15) is 0 Å². The van der Waals surface area contributed by atoms with Gasteiger partial charge in [0.05, 0.1) is 16.7 Å². The summed E-state index contributed by atoms with van der Waals surface area (Å²) in [5.74, 6) is 0.547. The minimum atomic E-state index is -0.0711. The number of nitrogens with zero attached hydrogens (tertiary/aromatic N) is 2. The highest BCUT2D eigenvalue weighted by atomic mass is 32.2. The molecule has 0 saturated heterocycles. The lowest BCUT2D eigenvalue weighted by Gasteiger charge is -2.28. The molecule has 4 rings (SSSR count). The lowest BCUT2D eigenvalue weighted by Crippen LogP contribution is -2.35. The molecule has 2 amide bonds. The molecule has 1 aromatic heterocycles. The normalized spacial score (nSPS) is 18.3. The van der Waals surface area contributed by atoms with Crippen molar-refractivity contribution in [2.24, 2.45) is 11.8 Å². The summed E-state index contributed by atoms with van der Waals surface area (Å²) in [5.41, 5.74) is 1.67. The number of benzene rings is 2. The Morgan fingerprint density at radius 3 is 2.49 bits per heavy atom. The van der Waals surface area contributed by atoms with Gasteiger partial charge < -0.3 is 10.6 Å². The zero-order chi connectivity index (χ0) is 26.2. The van der Waals surface area contributed by atoms with Gasteiger partial charge in [0.15, 0.2) is 5.16 Å². The number of carbonyl (C=O) groups excluding carboxylic acids is 2. The summed E-state index contributed by atoms with van der Waals surface area (Å²) in [6, 6.07) is 17.4. The lowest BCUT2D eigenvalue weighted by molar-refractivity contribution is -0.126. The molecule has 0 spiro atoms. The van der Waals surface area contributed by atoms with Crippen molar-refractivity contribution in [1.29, 1.82) is 0 Å². The van der Waals surface area contributed by atoms with Crippen LogP contribution in [0, 0.1) is 11.8 Å². The number of carbonyl (C=O) groups is 2. The van der Waals surface area contributed by atoms with E-state index < -0.39 is 0 Å². The number of nitrogens with one attached hydrogen (secondary N) is 2. The fraction of sp³-hybridized carbons (Fsp3) is 0.448. The van der Waals surface area contributed by atoms with E-state index in [-0.39, 0.29) is 41.0 Å². The van der Waals surface area contributed by atoms with Gasteiger partial charge >= 0.3 is 0 Å². The molecule has 37 heavy (non-hydrogen) atoms. The van der Waals surface area contributed by atoms with E-state index >= 15 is 0 Å². The third-order valence-electron chi connectivity index (χ3n) is 7.15. The van der Waals surface area contributed by atoms with Crippen LogP contribution < -0.4 is 16.2 Å². The van der Waals surface area contributed by atoms with E-state index in [0.29, 0.717) is 29.1 Å². The molecule has 1 heterocycles. The second kappa shape index (κ2) is 12.9. The standard InChI is InChI=1S/C29H36N4O3S/c1-3-20(2)31-26(34)19-37-29-32-25-12-8-7-11-24(25)28(36)33(29)18-22-13-15-23(16-14-22)27(35)30-17-21-9-5-4-6-10-21/h4-12,20,22-23H,3,13-19H2,1-2H3,(H,30,35)(H,31,34). The Bertz CT molecular complexity index is 1270. The monoisotopic (exact) mass is 520 g/mol. The Kier molecular flexibility index (Phi) is 9.39. The SMILES string of the molecule is CCC(C)NC(=O)CSc1nc2ccccc2c(=O)n1CC1CCC(C(=O)NCc2ccccc2)CC1. The molecule has 1 saturated carbocycles. The summed E-state index contributed by atoms with van der Waals surface area (Å²) in [6.45, 7) is 5.10.